The monoisotopic (exact) mass is 177 g/mol. The minimum atomic E-state index is 0.559. The van der Waals surface area contributed by atoms with Gasteiger partial charge in [0.2, 0.25) is 0 Å². The van der Waals surface area contributed by atoms with Crippen LogP contribution in [0.25, 0.3) is 0 Å². The smallest absolute Gasteiger partial charge is 0.142 e. The van der Waals surface area contributed by atoms with Crippen molar-refractivity contribution in [1.29, 1.82) is 0 Å². The summed E-state index contributed by atoms with van der Waals surface area (Å²) in [5.74, 6) is 0.962. The van der Waals surface area contributed by atoms with Gasteiger partial charge in [0.1, 0.15) is 5.75 Å². The van der Waals surface area contributed by atoms with E-state index in [9.17, 15) is 0 Å². The van der Waals surface area contributed by atoms with Crippen LogP contribution in [-0.4, -0.2) is 13.2 Å². The van der Waals surface area contributed by atoms with Crippen LogP contribution < -0.4 is 10.1 Å². The molecule has 1 aliphatic rings. The zero-order valence-electron chi connectivity index (χ0n) is 8.13. The maximum absolute atomic E-state index is 5.30. The van der Waals surface area contributed by atoms with E-state index in [-0.39, 0.29) is 0 Å². The van der Waals surface area contributed by atoms with Crippen LogP contribution in [0.3, 0.4) is 0 Å². The zero-order chi connectivity index (χ0) is 9.26. The minimum absolute atomic E-state index is 0.559. The number of nitrogens with one attached hydrogen (secondary N) is 1. The van der Waals surface area contributed by atoms with Crippen LogP contribution in [0.1, 0.15) is 18.9 Å². The third kappa shape index (κ3) is 1.48. The predicted octanol–water partition coefficient (Wildman–Crippen LogP) is 2.44. The van der Waals surface area contributed by atoms with Crippen LogP contribution in [0.4, 0.5) is 5.69 Å². The van der Waals surface area contributed by atoms with Gasteiger partial charge < -0.3 is 10.1 Å². The molecule has 13 heavy (non-hydrogen) atoms. The molecule has 0 fully saturated rings. The summed E-state index contributed by atoms with van der Waals surface area (Å²) in [7, 11) is 1.72. The lowest BCUT2D eigenvalue weighted by atomic mass is 9.98. The normalized spacial score (nSPS) is 20.3. The molecule has 1 atom stereocenters. The predicted molar refractivity (Wildman–Crippen MR) is 54.4 cm³/mol. The van der Waals surface area contributed by atoms with Crippen molar-refractivity contribution in [3.05, 3.63) is 23.8 Å². The van der Waals surface area contributed by atoms with Crippen molar-refractivity contribution in [3.63, 3.8) is 0 Å². The third-order valence-corrected chi connectivity index (χ3v) is 2.57. The van der Waals surface area contributed by atoms with Gasteiger partial charge in [-0.05, 0) is 31.4 Å². The number of hydrogen-bond acceptors (Lipinski definition) is 2. The molecule has 1 aliphatic heterocycles. The molecule has 1 heterocycles. The lowest BCUT2D eigenvalue weighted by molar-refractivity contribution is 0.414. The SMILES string of the molecule is COc1cccc2c1N[C@H](C)CC2. The fraction of sp³-hybridized carbons (Fsp3) is 0.455. The van der Waals surface area contributed by atoms with Gasteiger partial charge in [0.25, 0.3) is 0 Å². The molecule has 70 valence electrons. The Morgan fingerprint density at radius 1 is 1.46 bits per heavy atom. The van der Waals surface area contributed by atoms with Gasteiger partial charge in [-0.2, -0.15) is 0 Å². The Bertz CT molecular complexity index is 295. The highest BCUT2D eigenvalue weighted by Crippen LogP contribution is 2.33. The Morgan fingerprint density at radius 3 is 3.08 bits per heavy atom. The van der Waals surface area contributed by atoms with Crippen molar-refractivity contribution in [2.45, 2.75) is 25.8 Å². The Kier molecular flexibility index (Phi) is 2.13. The van der Waals surface area contributed by atoms with Gasteiger partial charge in [-0.15, -0.1) is 0 Å². The van der Waals surface area contributed by atoms with E-state index < -0.39 is 0 Å². The Labute approximate surface area is 78.9 Å². The summed E-state index contributed by atoms with van der Waals surface area (Å²) in [6.07, 6.45) is 2.36. The second-order valence-corrected chi connectivity index (χ2v) is 3.58. The van der Waals surface area contributed by atoms with Crippen molar-refractivity contribution in [2.75, 3.05) is 12.4 Å². The van der Waals surface area contributed by atoms with Crippen molar-refractivity contribution in [3.8, 4) is 5.75 Å². The first-order valence-electron chi connectivity index (χ1n) is 4.73. The van der Waals surface area contributed by atoms with Gasteiger partial charge in [0.15, 0.2) is 0 Å². The minimum Gasteiger partial charge on any atom is -0.495 e. The molecule has 2 nitrogen and oxygen atoms in total. The van der Waals surface area contributed by atoms with Crippen molar-refractivity contribution in [1.82, 2.24) is 0 Å². The van der Waals surface area contributed by atoms with Crippen LogP contribution in [-0.2, 0) is 6.42 Å². The molecule has 0 saturated carbocycles. The average molecular weight is 177 g/mol. The van der Waals surface area contributed by atoms with E-state index in [1.54, 1.807) is 7.11 Å². The first-order chi connectivity index (χ1) is 6.31. The number of fused-ring (bicyclic) bond motifs is 1. The van der Waals surface area contributed by atoms with E-state index in [4.69, 9.17) is 4.74 Å². The number of anilines is 1. The molecule has 0 radical (unpaired) electrons. The number of hydrogen-bond donors (Lipinski definition) is 1. The number of benzene rings is 1. The van der Waals surface area contributed by atoms with Crippen molar-refractivity contribution >= 4 is 5.69 Å². The molecule has 1 aromatic rings. The van der Waals surface area contributed by atoms with Gasteiger partial charge in [0.05, 0.1) is 12.8 Å². The van der Waals surface area contributed by atoms with Gasteiger partial charge in [-0.3, -0.25) is 0 Å². The Balaban J connectivity index is 2.41. The Hall–Kier alpha value is -1.18. The summed E-state index contributed by atoms with van der Waals surface area (Å²) >= 11 is 0. The number of rotatable bonds is 1. The molecule has 0 unspecified atom stereocenters. The standard InChI is InChI=1S/C11H15NO/c1-8-6-7-9-4-3-5-10(13-2)11(9)12-8/h3-5,8,12H,6-7H2,1-2H3/t8-/m1/s1. The van der Waals surface area contributed by atoms with Crippen molar-refractivity contribution < 1.29 is 4.74 Å². The highest BCUT2D eigenvalue weighted by molar-refractivity contribution is 5.63. The molecular formula is C11H15NO. The average Bonchev–Trinajstić information content (AvgIpc) is 2.17. The number of para-hydroxylation sites is 1. The highest BCUT2D eigenvalue weighted by Gasteiger charge is 2.16. The highest BCUT2D eigenvalue weighted by atomic mass is 16.5. The lowest BCUT2D eigenvalue weighted by Crippen LogP contribution is -2.22. The summed E-state index contributed by atoms with van der Waals surface area (Å²) < 4.78 is 5.30. The Morgan fingerprint density at radius 2 is 2.31 bits per heavy atom. The summed E-state index contributed by atoms with van der Waals surface area (Å²) in [6.45, 7) is 2.20. The molecule has 1 aromatic carbocycles. The fourth-order valence-corrected chi connectivity index (χ4v) is 1.81. The second-order valence-electron chi connectivity index (χ2n) is 3.58. The summed E-state index contributed by atoms with van der Waals surface area (Å²) in [6, 6.07) is 6.78. The van der Waals surface area contributed by atoms with E-state index in [1.165, 1.54) is 17.7 Å². The quantitative estimate of drug-likeness (QED) is 0.711. The second kappa shape index (κ2) is 3.29. The van der Waals surface area contributed by atoms with Crippen LogP contribution in [0.5, 0.6) is 5.75 Å². The first-order valence-corrected chi connectivity index (χ1v) is 4.73. The zero-order valence-corrected chi connectivity index (χ0v) is 8.13. The maximum Gasteiger partial charge on any atom is 0.142 e. The lowest BCUT2D eigenvalue weighted by Gasteiger charge is -2.25. The molecule has 0 amide bonds. The van der Waals surface area contributed by atoms with Gasteiger partial charge in [0, 0.05) is 6.04 Å². The van der Waals surface area contributed by atoms with E-state index in [2.05, 4.69) is 24.4 Å². The molecule has 0 spiro atoms. The van der Waals surface area contributed by atoms with Crippen LogP contribution in [0.15, 0.2) is 18.2 Å². The molecule has 2 heteroatoms. The van der Waals surface area contributed by atoms with Crippen molar-refractivity contribution in [2.24, 2.45) is 0 Å². The van der Waals surface area contributed by atoms with E-state index in [0.29, 0.717) is 6.04 Å². The van der Waals surface area contributed by atoms with E-state index >= 15 is 0 Å². The molecule has 0 aromatic heterocycles. The number of methoxy groups -OCH3 is 1. The number of aryl methyl sites for hydroxylation is 1. The van der Waals surface area contributed by atoms with E-state index in [0.717, 1.165) is 12.2 Å². The topological polar surface area (TPSA) is 21.3 Å². The van der Waals surface area contributed by atoms with Crippen LogP contribution >= 0.6 is 0 Å². The van der Waals surface area contributed by atoms with Crippen LogP contribution in [0, 0.1) is 0 Å². The van der Waals surface area contributed by atoms with Crippen LogP contribution in [0.2, 0.25) is 0 Å². The van der Waals surface area contributed by atoms with Gasteiger partial charge >= 0.3 is 0 Å². The molecule has 0 aliphatic carbocycles. The largest absolute Gasteiger partial charge is 0.495 e. The fourth-order valence-electron chi connectivity index (χ4n) is 1.81. The maximum atomic E-state index is 5.30. The number of ether oxygens (including phenoxy) is 1. The van der Waals surface area contributed by atoms with Gasteiger partial charge in [-0.25, -0.2) is 0 Å². The molecule has 1 N–H and O–H groups in total. The molecule has 2 rings (SSSR count). The first kappa shape index (κ1) is 8.42. The molecule has 0 bridgehead atoms. The summed E-state index contributed by atoms with van der Waals surface area (Å²) in [4.78, 5) is 0. The molecule has 0 saturated heterocycles. The summed E-state index contributed by atoms with van der Waals surface area (Å²) in [5, 5.41) is 3.45. The van der Waals surface area contributed by atoms with E-state index in [1.807, 2.05) is 6.07 Å². The summed E-state index contributed by atoms with van der Waals surface area (Å²) in [5.41, 5.74) is 2.56. The molecular weight excluding hydrogens is 162 g/mol. The third-order valence-electron chi connectivity index (χ3n) is 2.57. The van der Waals surface area contributed by atoms with Gasteiger partial charge in [-0.1, -0.05) is 12.1 Å².